The van der Waals surface area contributed by atoms with Crippen LogP contribution in [0.15, 0.2) is 64.5 Å². The molecule has 1 N–H and O–H groups in total. The van der Waals surface area contributed by atoms with E-state index in [1.807, 2.05) is 26.2 Å². The SMILES string of the molecule is CCCC=C/C(=C\C=C\OC(CC/C=C/CCNc1ncc(CC)n1C)=NC(C)=NC)CCC. The summed E-state index contributed by atoms with van der Waals surface area (Å²) >= 11 is 0. The Kier molecular flexibility index (Phi) is 15.9. The van der Waals surface area contributed by atoms with Gasteiger partial charge in [0.25, 0.3) is 0 Å². The Labute approximate surface area is 207 Å². The van der Waals surface area contributed by atoms with Gasteiger partial charge in [0.05, 0.1) is 12.5 Å². The third-order valence-corrected chi connectivity index (χ3v) is 5.26. The molecule has 0 amide bonds. The van der Waals surface area contributed by atoms with Gasteiger partial charge in [-0.1, -0.05) is 64.0 Å². The van der Waals surface area contributed by atoms with E-state index in [0.717, 1.165) is 57.4 Å². The molecule has 1 aromatic rings. The lowest BCUT2D eigenvalue weighted by atomic mass is 10.1. The van der Waals surface area contributed by atoms with E-state index in [0.29, 0.717) is 11.7 Å². The van der Waals surface area contributed by atoms with Crippen LogP contribution in [0, 0.1) is 0 Å². The lowest BCUT2D eigenvalue weighted by Gasteiger charge is -2.06. The smallest absolute Gasteiger partial charge is 0.202 e. The molecule has 0 bridgehead atoms. The van der Waals surface area contributed by atoms with Crippen molar-refractivity contribution in [2.24, 2.45) is 17.0 Å². The number of ether oxygens (including phenoxy) is 1. The number of allylic oxidation sites excluding steroid dienone is 6. The summed E-state index contributed by atoms with van der Waals surface area (Å²) in [7, 11) is 3.79. The Morgan fingerprint density at radius 1 is 1.09 bits per heavy atom. The predicted octanol–water partition coefficient (Wildman–Crippen LogP) is 7.18. The van der Waals surface area contributed by atoms with Crippen molar-refractivity contribution in [3.63, 3.8) is 0 Å². The van der Waals surface area contributed by atoms with Gasteiger partial charge in [-0.3, -0.25) is 4.99 Å². The molecule has 0 atom stereocenters. The molecule has 188 valence electrons. The lowest BCUT2D eigenvalue weighted by molar-refractivity contribution is 0.457. The van der Waals surface area contributed by atoms with E-state index in [1.165, 1.54) is 17.7 Å². The number of aromatic nitrogens is 2. The number of nitrogens with one attached hydrogen (secondary N) is 1. The van der Waals surface area contributed by atoms with Gasteiger partial charge >= 0.3 is 0 Å². The molecule has 6 heteroatoms. The molecule has 0 fully saturated rings. The van der Waals surface area contributed by atoms with Crippen LogP contribution in [-0.2, 0) is 18.2 Å². The Morgan fingerprint density at radius 3 is 2.56 bits per heavy atom. The number of hydrogen-bond donors (Lipinski definition) is 1. The first-order valence-corrected chi connectivity index (χ1v) is 12.6. The van der Waals surface area contributed by atoms with Crippen molar-refractivity contribution in [1.82, 2.24) is 9.55 Å². The molecule has 6 nitrogen and oxygen atoms in total. The quantitative estimate of drug-likeness (QED) is 0.0742. The zero-order valence-electron chi connectivity index (χ0n) is 22.2. The van der Waals surface area contributed by atoms with Crippen LogP contribution in [0.3, 0.4) is 0 Å². The molecule has 1 rings (SSSR count). The van der Waals surface area contributed by atoms with Crippen LogP contribution in [0.5, 0.6) is 0 Å². The van der Waals surface area contributed by atoms with Crippen molar-refractivity contribution in [2.75, 3.05) is 18.9 Å². The Hall–Kier alpha value is -2.89. The number of unbranched alkanes of at least 4 members (excludes halogenated alkanes) is 1. The van der Waals surface area contributed by atoms with Crippen molar-refractivity contribution in [3.8, 4) is 0 Å². The Morgan fingerprint density at radius 2 is 1.88 bits per heavy atom. The van der Waals surface area contributed by atoms with Crippen LogP contribution >= 0.6 is 0 Å². The number of aliphatic imine (C=N–C) groups is 2. The molecule has 0 aliphatic rings. The van der Waals surface area contributed by atoms with Crippen LogP contribution in [-0.4, -0.2) is 34.9 Å². The first-order chi connectivity index (χ1) is 16.5. The van der Waals surface area contributed by atoms with Gasteiger partial charge < -0.3 is 14.6 Å². The molecular formula is C28H45N5O. The van der Waals surface area contributed by atoms with E-state index < -0.39 is 0 Å². The zero-order valence-corrected chi connectivity index (χ0v) is 22.2. The number of nitrogens with zero attached hydrogens (tertiary/aromatic N) is 4. The van der Waals surface area contributed by atoms with Gasteiger partial charge in [0.1, 0.15) is 5.84 Å². The van der Waals surface area contributed by atoms with Gasteiger partial charge in [-0.25, -0.2) is 9.98 Å². The summed E-state index contributed by atoms with van der Waals surface area (Å²) < 4.78 is 7.95. The maximum Gasteiger partial charge on any atom is 0.202 e. The zero-order chi connectivity index (χ0) is 25.0. The van der Waals surface area contributed by atoms with Crippen molar-refractivity contribution in [1.29, 1.82) is 0 Å². The topological polar surface area (TPSA) is 63.8 Å². The second-order valence-corrected chi connectivity index (χ2v) is 8.12. The van der Waals surface area contributed by atoms with E-state index in [4.69, 9.17) is 4.74 Å². The maximum absolute atomic E-state index is 5.84. The summed E-state index contributed by atoms with van der Waals surface area (Å²) in [5.74, 6) is 2.31. The molecule has 0 saturated carbocycles. The predicted molar refractivity (Wildman–Crippen MR) is 148 cm³/mol. The van der Waals surface area contributed by atoms with Crippen molar-refractivity contribution in [2.45, 2.75) is 79.1 Å². The first-order valence-electron chi connectivity index (χ1n) is 12.6. The molecule has 1 heterocycles. The van der Waals surface area contributed by atoms with Crippen molar-refractivity contribution in [3.05, 3.63) is 60.2 Å². The molecule has 0 aliphatic carbocycles. The fourth-order valence-electron chi connectivity index (χ4n) is 3.21. The fourth-order valence-corrected chi connectivity index (χ4v) is 3.21. The average molecular weight is 468 g/mol. The van der Waals surface area contributed by atoms with Gasteiger partial charge in [-0.15, -0.1) is 0 Å². The minimum atomic E-state index is 0.675. The molecule has 1 aromatic heterocycles. The Balaban J connectivity index is 2.53. The van der Waals surface area contributed by atoms with Gasteiger partial charge in [-0.2, -0.15) is 0 Å². The molecule has 34 heavy (non-hydrogen) atoms. The normalized spacial score (nSPS) is 13.6. The molecular weight excluding hydrogens is 422 g/mol. The summed E-state index contributed by atoms with van der Waals surface area (Å²) in [5, 5.41) is 3.39. The Bertz CT molecular complexity index is 871. The monoisotopic (exact) mass is 467 g/mol. The second-order valence-electron chi connectivity index (χ2n) is 8.12. The van der Waals surface area contributed by atoms with E-state index in [9.17, 15) is 0 Å². The molecule has 0 unspecified atom stereocenters. The van der Waals surface area contributed by atoms with Crippen LogP contribution in [0.2, 0.25) is 0 Å². The van der Waals surface area contributed by atoms with Crippen molar-refractivity contribution >= 4 is 17.7 Å². The minimum absolute atomic E-state index is 0.675. The number of aryl methyl sites for hydroxylation is 1. The fraction of sp³-hybridized carbons (Fsp3) is 0.536. The maximum atomic E-state index is 5.84. The molecule has 0 radical (unpaired) electrons. The summed E-state index contributed by atoms with van der Waals surface area (Å²) in [5.41, 5.74) is 2.54. The number of imidazole rings is 1. The molecule has 0 spiro atoms. The summed E-state index contributed by atoms with van der Waals surface area (Å²) in [6.07, 6.45) is 24.5. The highest BCUT2D eigenvalue weighted by Gasteiger charge is 2.03. The summed E-state index contributed by atoms with van der Waals surface area (Å²) in [6.45, 7) is 9.27. The molecule has 0 aromatic carbocycles. The number of anilines is 1. The van der Waals surface area contributed by atoms with Crippen molar-refractivity contribution < 1.29 is 4.74 Å². The summed E-state index contributed by atoms with van der Waals surface area (Å²) in [4.78, 5) is 13.1. The number of hydrogen-bond acceptors (Lipinski definition) is 4. The van der Waals surface area contributed by atoms with E-state index in [-0.39, 0.29) is 0 Å². The number of rotatable bonds is 15. The standard InChI is InChI=1S/C28H45N5O/c1-7-10-13-18-25(17-8-2)19-16-22-34-27(32-24(4)29-5)20-14-11-12-15-21-30-28-31-23-26(9-3)33(28)6/h11-13,16,18-19,22-23H,7-10,14-15,17,20-21H2,1-6H3,(H,30,31)/b12-11+,18-13?,22-16+,25-19-,29-24?,32-27?. The first kappa shape index (κ1) is 29.1. The average Bonchev–Trinajstić information content (AvgIpc) is 3.19. The highest BCUT2D eigenvalue weighted by Crippen LogP contribution is 2.10. The van der Waals surface area contributed by atoms with Gasteiger partial charge in [0, 0.05) is 32.8 Å². The molecule has 0 aliphatic heterocycles. The largest absolute Gasteiger partial charge is 0.451 e. The van der Waals surface area contributed by atoms with E-state index in [1.54, 1.807) is 13.3 Å². The molecule has 0 saturated heterocycles. The van der Waals surface area contributed by atoms with E-state index in [2.05, 4.69) is 76.0 Å². The highest BCUT2D eigenvalue weighted by atomic mass is 16.5. The third kappa shape index (κ3) is 12.4. The highest BCUT2D eigenvalue weighted by molar-refractivity contribution is 5.93. The van der Waals surface area contributed by atoms with Gasteiger partial charge in [-0.05, 0) is 50.7 Å². The van der Waals surface area contributed by atoms with E-state index >= 15 is 0 Å². The third-order valence-electron chi connectivity index (χ3n) is 5.26. The van der Waals surface area contributed by atoms with Crippen LogP contribution < -0.4 is 5.32 Å². The minimum Gasteiger partial charge on any atom is -0.451 e. The second kappa shape index (κ2) is 18.5. The van der Waals surface area contributed by atoms with Crippen LogP contribution in [0.4, 0.5) is 5.95 Å². The summed E-state index contributed by atoms with van der Waals surface area (Å²) in [6, 6.07) is 0. The van der Waals surface area contributed by atoms with Gasteiger partial charge in [0.15, 0.2) is 5.90 Å². The number of amidine groups is 1. The lowest BCUT2D eigenvalue weighted by Crippen LogP contribution is -2.07. The van der Waals surface area contributed by atoms with Crippen LogP contribution in [0.1, 0.15) is 78.3 Å². The van der Waals surface area contributed by atoms with Gasteiger partial charge in [0.2, 0.25) is 5.95 Å². The van der Waals surface area contributed by atoms with Crippen LogP contribution in [0.25, 0.3) is 0 Å².